The fourth-order valence-corrected chi connectivity index (χ4v) is 3.31. The normalized spacial score (nSPS) is 10.5. The lowest BCUT2D eigenvalue weighted by Crippen LogP contribution is -2.15. The van der Waals surface area contributed by atoms with Crippen molar-refractivity contribution in [3.63, 3.8) is 0 Å². The number of methoxy groups -OCH3 is 3. The van der Waals surface area contributed by atoms with E-state index in [9.17, 15) is 14.9 Å². The van der Waals surface area contributed by atoms with Crippen molar-refractivity contribution in [1.82, 2.24) is 20.2 Å². The predicted octanol–water partition coefficient (Wildman–Crippen LogP) is 2.57. The molecule has 1 amide bonds. The van der Waals surface area contributed by atoms with Crippen molar-refractivity contribution in [3.8, 4) is 22.9 Å². The third kappa shape index (κ3) is 4.21. The first-order valence-electron chi connectivity index (χ1n) is 8.66. The second-order valence-electron chi connectivity index (χ2n) is 5.88. The molecule has 0 aliphatic rings. The zero-order chi connectivity index (χ0) is 22.5. The van der Waals surface area contributed by atoms with Crippen molar-refractivity contribution < 1.29 is 23.9 Å². The van der Waals surface area contributed by atoms with Crippen LogP contribution in [0.2, 0.25) is 0 Å². The van der Waals surface area contributed by atoms with Crippen LogP contribution in [0.4, 0.5) is 11.4 Å². The quantitative estimate of drug-likeness (QED) is 0.311. The number of nitro benzene ring substituents is 1. The second kappa shape index (κ2) is 9.30. The highest BCUT2D eigenvalue weighted by Crippen LogP contribution is 2.46. The van der Waals surface area contributed by atoms with E-state index in [0.717, 1.165) is 0 Å². The minimum absolute atomic E-state index is 0.0125. The smallest absolute Gasteiger partial charge is 0.327 e. The monoisotopic (exact) mass is 446 g/mol. The third-order valence-electron chi connectivity index (χ3n) is 4.20. The van der Waals surface area contributed by atoms with E-state index in [4.69, 9.17) is 14.2 Å². The number of carbonyl (C=O) groups is 1. The number of benzene rings is 2. The van der Waals surface area contributed by atoms with Crippen LogP contribution >= 0.6 is 11.8 Å². The number of nitrogens with one attached hydrogen (secondary N) is 1. The fourth-order valence-electron chi connectivity index (χ4n) is 2.88. The average molecular weight is 446 g/mol. The number of carbonyl (C=O) groups excluding carboxylic acids is 1. The number of nitrogens with zero attached hydrogens (tertiary/aromatic N) is 5. The molecule has 0 radical (unpaired) electrons. The molecular formula is C18H18N6O6S. The summed E-state index contributed by atoms with van der Waals surface area (Å²) in [6, 6.07) is 7.95. The summed E-state index contributed by atoms with van der Waals surface area (Å²) >= 11 is 1.36. The molecular weight excluding hydrogens is 428 g/mol. The van der Waals surface area contributed by atoms with Gasteiger partial charge in [0.05, 0.1) is 31.9 Å². The largest absolute Gasteiger partial charge is 0.493 e. The van der Waals surface area contributed by atoms with Gasteiger partial charge in [0, 0.05) is 11.8 Å². The van der Waals surface area contributed by atoms with E-state index in [-0.39, 0.29) is 22.8 Å². The molecule has 0 spiro atoms. The highest BCUT2D eigenvalue weighted by atomic mass is 32.2. The van der Waals surface area contributed by atoms with Gasteiger partial charge in [-0.2, -0.15) is 4.68 Å². The van der Waals surface area contributed by atoms with Gasteiger partial charge >= 0.3 is 5.69 Å². The third-order valence-corrected chi connectivity index (χ3v) is 4.82. The van der Waals surface area contributed by atoms with Crippen LogP contribution in [0.1, 0.15) is 10.4 Å². The minimum Gasteiger partial charge on any atom is -0.493 e. The topological polar surface area (TPSA) is 144 Å². The first-order chi connectivity index (χ1) is 14.9. The maximum absolute atomic E-state index is 13.0. The summed E-state index contributed by atoms with van der Waals surface area (Å²) in [5.74, 6) is -0.824. The molecule has 31 heavy (non-hydrogen) atoms. The van der Waals surface area contributed by atoms with Gasteiger partial charge in [-0.15, -0.1) is 5.10 Å². The molecule has 0 bridgehead atoms. The number of tetrazole rings is 1. The molecule has 0 saturated carbocycles. The molecule has 13 heteroatoms. The van der Waals surface area contributed by atoms with Gasteiger partial charge in [-0.3, -0.25) is 14.9 Å². The Hall–Kier alpha value is -3.87. The van der Waals surface area contributed by atoms with Gasteiger partial charge in [0.25, 0.3) is 5.91 Å². The van der Waals surface area contributed by atoms with E-state index < -0.39 is 16.5 Å². The number of amides is 1. The Balaban J connectivity index is 2.03. The molecule has 0 saturated heterocycles. The summed E-state index contributed by atoms with van der Waals surface area (Å²) in [5.41, 5.74) is 0.190. The highest BCUT2D eigenvalue weighted by molar-refractivity contribution is 7.98. The van der Waals surface area contributed by atoms with Crippen molar-refractivity contribution in [1.29, 1.82) is 0 Å². The van der Waals surface area contributed by atoms with Crippen molar-refractivity contribution in [2.24, 2.45) is 0 Å². The number of aromatic nitrogens is 4. The number of rotatable bonds is 8. The van der Waals surface area contributed by atoms with E-state index in [0.29, 0.717) is 16.5 Å². The van der Waals surface area contributed by atoms with Crippen LogP contribution in [0.5, 0.6) is 17.2 Å². The lowest BCUT2D eigenvalue weighted by Gasteiger charge is -2.15. The van der Waals surface area contributed by atoms with Crippen molar-refractivity contribution in [3.05, 3.63) is 46.0 Å². The van der Waals surface area contributed by atoms with Crippen LogP contribution in [0.25, 0.3) is 5.69 Å². The second-order valence-corrected chi connectivity index (χ2v) is 6.65. The average Bonchev–Trinajstić information content (AvgIpc) is 3.26. The van der Waals surface area contributed by atoms with Gasteiger partial charge in [0.15, 0.2) is 5.75 Å². The number of nitro groups is 1. The maximum Gasteiger partial charge on any atom is 0.327 e. The molecule has 0 aliphatic carbocycles. The number of anilines is 1. The summed E-state index contributed by atoms with van der Waals surface area (Å²) in [6.07, 6.45) is 1.83. The van der Waals surface area contributed by atoms with Gasteiger partial charge in [-0.25, -0.2) is 0 Å². The zero-order valence-electron chi connectivity index (χ0n) is 17.0. The lowest BCUT2D eigenvalue weighted by molar-refractivity contribution is -0.386. The molecule has 1 heterocycles. The van der Waals surface area contributed by atoms with Gasteiger partial charge in [-0.05, 0) is 34.9 Å². The summed E-state index contributed by atoms with van der Waals surface area (Å²) in [5, 5.41) is 26.4. The first-order valence-corrected chi connectivity index (χ1v) is 9.89. The SMILES string of the molecule is COc1cc(C(=O)Nc2cccc(-n3nnnc3SC)c2)c([N+](=O)[O-])c(OC)c1OC. The van der Waals surface area contributed by atoms with Gasteiger partial charge in [0.2, 0.25) is 16.7 Å². The molecule has 12 nitrogen and oxygen atoms in total. The van der Waals surface area contributed by atoms with Crippen LogP contribution in [0.3, 0.4) is 0 Å². The predicted molar refractivity (Wildman–Crippen MR) is 112 cm³/mol. The van der Waals surface area contributed by atoms with E-state index in [1.165, 1.54) is 43.8 Å². The molecule has 1 aromatic heterocycles. The molecule has 3 aromatic rings. The van der Waals surface area contributed by atoms with Gasteiger partial charge < -0.3 is 19.5 Å². The Morgan fingerprint density at radius 2 is 1.90 bits per heavy atom. The summed E-state index contributed by atoms with van der Waals surface area (Å²) in [4.78, 5) is 24.0. The van der Waals surface area contributed by atoms with Crippen molar-refractivity contribution in [2.75, 3.05) is 32.9 Å². The van der Waals surface area contributed by atoms with Crippen molar-refractivity contribution >= 4 is 29.0 Å². The number of hydrogen-bond acceptors (Lipinski definition) is 10. The lowest BCUT2D eigenvalue weighted by atomic mass is 10.1. The molecule has 2 aromatic carbocycles. The highest BCUT2D eigenvalue weighted by Gasteiger charge is 2.32. The molecule has 1 N–H and O–H groups in total. The molecule has 0 unspecified atom stereocenters. The first kappa shape index (κ1) is 21.8. The Bertz CT molecular complexity index is 1130. The molecule has 162 valence electrons. The van der Waals surface area contributed by atoms with E-state index in [1.807, 2.05) is 6.26 Å². The summed E-state index contributed by atoms with van der Waals surface area (Å²) in [7, 11) is 3.91. The van der Waals surface area contributed by atoms with Crippen LogP contribution in [0, 0.1) is 10.1 Å². The fraction of sp³-hybridized carbons (Fsp3) is 0.222. The Labute approximate surface area is 180 Å². The number of hydrogen-bond donors (Lipinski definition) is 1. The Kier molecular flexibility index (Phi) is 6.55. The zero-order valence-corrected chi connectivity index (χ0v) is 17.8. The molecule has 0 aliphatic heterocycles. The van der Waals surface area contributed by atoms with Crippen molar-refractivity contribution in [2.45, 2.75) is 5.16 Å². The maximum atomic E-state index is 13.0. The minimum atomic E-state index is -0.732. The van der Waals surface area contributed by atoms with E-state index >= 15 is 0 Å². The van der Waals surface area contributed by atoms with Gasteiger partial charge in [-0.1, -0.05) is 17.8 Å². The molecule has 0 atom stereocenters. The van der Waals surface area contributed by atoms with Crippen LogP contribution in [-0.2, 0) is 0 Å². The standard InChI is InChI=1S/C18H18N6O6S/c1-28-13-9-12(14(24(26)27)16(30-3)15(13)29-2)17(25)19-10-6-5-7-11(8-10)23-18(31-4)20-21-22-23/h5-9H,1-4H3,(H,19,25). The summed E-state index contributed by atoms with van der Waals surface area (Å²) in [6.45, 7) is 0. The Morgan fingerprint density at radius 3 is 2.52 bits per heavy atom. The van der Waals surface area contributed by atoms with Gasteiger partial charge in [0.1, 0.15) is 5.56 Å². The van der Waals surface area contributed by atoms with Crippen LogP contribution in [-0.4, -0.2) is 58.6 Å². The van der Waals surface area contributed by atoms with E-state index in [1.54, 1.807) is 24.3 Å². The van der Waals surface area contributed by atoms with Crippen LogP contribution < -0.4 is 19.5 Å². The summed E-state index contributed by atoms with van der Waals surface area (Å²) < 4.78 is 17.0. The molecule has 0 fully saturated rings. The Morgan fingerprint density at radius 1 is 1.16 bits per heavy atom. The van der Waals surface area contributed by atoms with Crippen LogP contribution in [0.15, 0.2) is 35.5 Å². The van der Waals surface area contributed by atoms with E-state index in [2.05, 4.69) is 20.8 Å². The number of ether oxygens (including phenoxy) is 3. The number of thioether (sulfide) groups is 1. The molecule has 3 rings (SSSR count).